The molecule has 1 aliphatic heterocycles. The van der Waals surface area contributed by atoms with Crippen molar-refractivity contribution in [2.75, 3.05) is 7.11 Å². The topological polar surface area (TPSA) is 70.4 Å². The van der Waals surface area contributed by atoms with Crippen LogP contribution in [0.3, 0.4) is 0 Å². The second kappa shape index (κ2) is 9.24. The van der Waals surface area contributed by atoms with Crippen molar-refractivity contribution in [2.24, 2.45) is 0 Å². The van der Waals surface area contributed by atoms with E-state index in [-0.39, 0.29) is 11.8 Å². The molecule has 2 N–H and O–H groups in total. The SMILES string of the molecule is COc1ccccc1/C=[N+]1\NC(=O)[C@@H](NC(=O)c2cccc(C)c2)[C@@H]1c1ccc(Cl)cc1. The number of ether oxygens (including phenoxy) is 1. The molecule has 0 spiro atoms. The van der Waals surface area contributed by atoms with Crippen LogP contribution in [0.15, 0.2) is 72.8 Å². The molecular weight excluding hydrogens is 426 g/mol. The van der Waals surface area contributed by atoms with E-state index in [9.17, 15) is 9.59 Å². The van der Waals surface area contributed by atoms with Crippen molar-refractivity contribution in [1.82, 2.24) is 10.7 Å². The molecule has 6 nitrogen and oxygen atoms in total. The Morgan fingerprint density at radius 2 is 1.84 bits per heavy atom. The van der Waals surface area contributed by atoms with E-state index in [1.807, 2.05) is 55.5 Å². The number of carbonyl (C=O) groups excluding carboxylic acids is 2. The first-order chi connectivity index (χ1) is 15.5. The minimum absolute atomic E-state index is 0.308. The maximum absolute atomic E-state index is 13.0. The van der Waals surface area contributed by atoms with Crippen LogP contribution in [0.2, 0.25) is 5.02 Å². The van der Waals surface area contributed by atoms with Crippen LogP contribution in [0.5, 0.6) is 5.75 Å². The Hall–Kier alpha value is -3.64. The summed E-state index contributed by atoms with van der Waals surface area (Å²) in [5, 5.41) is 3.49. The van der Waals surface area contributed by atoms with Gasteiger partial charge in [0, 0.05) is 16.1 Å². The van der Waals surface area contributed by atoms with Crippen molar-refractivity contribution >= 4 is 29.6 Å². The van der Waals surface area contributed by atoms with E-state index in [4.69, 9.17) is 16.3 Å². The van der Waals surface area contributed by atoms with Crippen molar-refractivity contribution in [3.8, 4) is 5.75 Å². The molecule has 1 fully saturated rings. The molecule has 2 amide bonds. The fourth-order valence-electron chi connectivity index (χ4n) is 3.77. The Kier molecular flexibility index (Phi) is 6.23. The molecule has 1 saturated heterocycles. The average Bonchev–Trinajstić information content (AvgIpc) is 3.09. The van der Waals surface area contributed by atoms with Gasteiger partial charge in [-0.2, -0.15) is 0 Å². The molecule has 162 valence electrons. The molecule has 1 aliphatic rings. The average molecular weight is 449 g/mol. The van der Waals surface area contributed by atoms with Crippen LogP contribution in [0.1, 0.15) is 33.1 Å². The van der Waals surface area contributed by atoms with Crippen LogP contribution >= 0.6 is 11.6 Å². The normalized spacial score (nSPS) is 19.0. The number of halogens is 1. The summed E-state index contributed by atoms with van der Waals surface area (Å²) in [4.78, 5) is 25.9. The number of amides is 2. The zero-order chi connectivity index (χ0) is 22.7. The predicted molar refractivity (Wildman–Crippen MR) is 123 cm³/mol. The molecular formula is C25H23ClN3O3+. The van der Waals surface area contributed by atoms with E-state index in [0.29, 0.717) is 16.3 Å². The lowest BCUT2D eigenvalue weighted by Gasteiger charge is -2.15. The highest BCUT2D eigenvalue weighted by Crippen LogP contribution is 2.27. The summed E-state index contributed by atoms with van der Waals surface area (Å²) in [7, 11) is 1.59. The van der Waals surface area contributed by atoms with Gasteiger partial charge in [-0.25, -0.2) is 0 Å². The molecule has 0 saturated carbocycles. The molecule has 0 radical (unpaired) electrons. The highest BCUT2D eigenvalue weighted by atomic mass is 35.5. The zero-order valence-electron chi connectivity index (χ0n) is 17.7. The number of hydrazone groups is 1. The van der Waals surface area contributed by atoms with Gasteiger partial charge in [0.25, 0.3) is 5.91 Å². The number of hydrogen-bond donors (Lipinski definition) is 2. The number of aryl methyl sites for hydroxylation is 1. The zero-order valence-corrected chi connectivity index (χ0v) is 18.5. The third kappa shape index (κ3) is 4.50. The maximum Gasteiger partial charge on any atom is 0.304 e. The minimum atomic E-state index is -0.810. The summed E-state index contributed by atoms with van der Waals surface area (Å²) in [6.45, 7) is 1.92. The molecule has 7 heteroatoms. The molecule has 3 aromatic rings. The number of para-hydroxylation sites is 1. The highest BCUT2D eigenvalue weighted by molar-refractivity contribution is 6.30. The summed E-state index contributed by atoms with van der Waals surface area (Å²) in [6.07, 6.45) is 1.80. The minimum Gasteiger partial charge on any atom is -0.496 e. The van der Waals surface area contributed by atoms with Gasteiger partial charge in [0.2, 0.25) is 12.3 Å². The number of carbonyl (C=O) groups is 2. The number of benzene rings is 3. The van der Waals surface area contributed by atoms with E-state index in [1.165, 1.54) is 0 Å². The summed E-state index contributed by atoms with van der Waals surface area (Å²) in [6, 6.07) is 20.7. The van der Waals surface area contributed by atoms with Crippen LogP contribution in [0, 0.1) is 6.92 Å². The molecule has 1 heterocycles. The van der Waals surface area contributed by atoms with Gasteiger partial charge >= 0.3 is 5.91 Å². The van der Waals surface area contributed by atoms with Gasteiger partial charge in [-0.15, -0.1) is 10.1 Å². The molecule has 0 aromatic heterocycles. The van der Waals surface area contributed by atoms with Crippen molar-refractivity contribution in [2.45, 2.75) is 19.0 Å². The lowest BCUT2D eigenvalue weighted by atomic mass is 9.99. The molecule has 0 bridgehead atoms. The van der Waals surface area contributed by atoms with Gasteiger partial charge in [0.15, 0.2) is 6.04 Å². The van der Waals surface area contributed by atoms with Crippen LogP contribution in [0.4, 0.5) is 0 Å². The number of methoxy groups -OCH3 is 1. The lowest BCUT2D eigenvalue weighted by Crippen LogP contribution is -2.42. The molecule has 2 atom stereocenters. The Labute approximate surface area is 191 Å². The molecule has 32 heavy (non-hydrogen) atoms. The fourth-order valence-corrected chi connectivity index (χ4v) is 3.90. The first-order valence-corrected chi connectivity index (χ1v) is 10.5. The standard InChI is InChI=1S/C25H22ClN3O3/c1-16-6-5-8-18(14-16)24(30)27-22-23(17-10-12-20(26)13-11-17)29(28-25(22)31)15-19-7-3-4-9-21(19)32-2/h3-15,22-23H,1-2H3,(H-,27,28,30,31)/p+1/b29-15-/t22-,23-/m0/s1. The van der Waals surface area contributed by atoms with Crippen molar-refractivity contribution in [3.05, 3.63) is 100 Å². The van der Waals surface area contributed by atoms with Crippen molar-refractivity contribution in [3.63, 3.8) is 0 Å². The second-order valence-corrected chi connectivity index (χ2v) is 8.01. The van der Waals surface area contributed by atoms with Gasteiger partial charge in [-0.1, -0.05) is 53.6 Å². The number of hydrazine groups is 1. The van der Waals surface area contributed by atoms with Gasteiger partial charge in [-0.05, 0) is 43.3 Å². The van der Waals surface area contributed by atoms with E-state index < -0.39 is 12.1 Å². The molecule has 0 unspecified atom stereocenters. The Morgan fingerprint density at radius 1 is 1.09 bits per heavy atom. The fraction of sp³-hybridized carbons (Fsp3) is 0.160. The Balaban J connectivity index is 1.73. The number of nitrogens with zero attached hydrogens (tertiary/aromatic N) is 1. The van der Waals surface area contributed by atoms with E-state index in [2.05, 4.69) is 10.7 Å². The van der Waals surface area contributed by atoms with Crippen molar-refractivity contribution < 1.29 is 19.0 Å². The number of hydrogen-bond acceptors (Lipinski definition) is 3. The van der Waals surface area contributed by atoms with E-state index in [0.717, 1.165) is 16.7 Å². The third-order valence-corrected chi connectivity index (χ3v) is 5.58. The van der Waals surface area contributed by atoms with Crippen LogP contribution in [-0.4, -0.2) is 35.9 Å². The highest BCUT2D eigenvalue weighted by Gasteiger charge is 2.47. The van der Waals surface area contributed by atoms with Crippen LogP contribution < -0.4 is 15.5 Å². The van der Waals surface area contributed by atoms with E-state index in [1.54, 1.807) is 42.3 Å². The summed E-state index contributed by atoms with van der Waals surface area (Å²) in [5.41, 5.74) is 5.96. The first-order valence-electron chi connectivity index (χ1n) is 10.2. The van der Waals surface area contributed by atoms with Gasteiger partial charge < -0.3 is 10.1 Å². The smallest absolute Gasteiger partial charge is 0.304 e. The predicted octanol–water partition coefficient (Wildman–Crippen LogP) is 3.67. The van der Waals surface area contributed by atoms with Gasteiger partial charge in [-0.3, -0.25) is 9.59 Å². The van der Waals surface area contributed by atoms with E-state index >= 15 is 0 Å². The molecule has 4 rings (SSSR count). The first kappa shape index (κ1) is 21.6. The van der Waals surface area contributed by atoms with Gasteiger partial charge in [0.1, 0.15) is 5.75 Å². The molecule has 0 aliphatic carbocycles. The third-order valence-electron chi connectivity index (χ3n) is 5.33. The van der Waals surface area contributed by atoms with Crippen LogP contribution in [0.25, 0.3) is 0 Å². The monoisotopic (exact) mass is 448 g/mol. The molecule has 3 aromatic carbocycles. The number of nitrogens with one attached hydrogen (secondary N) is 2. The Bertz CT molecular complexity index is 1190. The van der Waals surface area contributed by atoms with Gasteiger partial charge in [0.05, 0.1) is 12.7 Å². The number of rotatable bonds is 5. The summed E-state index contributed by atoms with van der Waals surface area (Å²) < 4.78 is 7.14. The summed E-state index contributed by atoms with van der Waals surface area (Å²) >= 11 is 6.08. The largest absolute Gasteiger partial charge is 0.496 e. The lowest BCUT2D eigenvalue weighted by molar-refractivity contribution is -0.596. The van der Waals surface area contributed by atoms with Crippen LogP contribution in [-0.2, 0) is 4.79 Å². The maximum atomic E-state index is 13.0. The quantitative estimate of drug-likeness (QED) is 0.585. The Morgan fingerprint density at radius 3 is 2.56 bits per heavy atom. The summed E-state index contributed by atoms with van der Waals surface area (Å²) in [5.74, 6) is 0.0490. The van der Waals surface area contributed by atoms with Crippen molar-refractivity contribution in [1.29, 1.82) is 0 Å². The second-order valence-electron chi connectivity index (χ2n) is 7.57.